The van der Waals surface area contributed by atoms with Crippen LogP contribution in [0.5, 0.6) is 0 Å². The lowest BCUT2D eigenvalue weighted by Gasteiger charge is -2.19. The maximum absolute atomic E-state index is 13.4. The molecule has 0 aliphatic heterocycles. The minimum absolute atomic E-state index is 0.364. The molecule has 0 fully saturated rings. The number of aryl methyl sites for hydroxylation is 2. The van der Waals surface area contributed by atoms with E-state index in [-0.39, 0.29) is 0 Å². The van der Waals surface area contributed by atoms with Crippen LogP contribution in [-0.4, -0.2) is 13.2 Å². The number of rotatable bonds is 9. The molecule has 2 aromatic rings. The minimum Gasteiger partial charge on any atom is -0.305 e. The molecule has 2 rings (SSSR count). The van der Waals surface area contributed by atoms with Gasteiger partial charge in [-0.05, 0) is 62.1 Å². The Hall–Kier alpha value is -1.81. The average molecular weight is 374 g/mol. The van der Waals surface area contributed by atoms with Crippen LogP contribution in [0.1, 0.15) is 37.8 Å². The molecule has 2 aromatic carbocycles. The van der Waals surface area contributed by atoms with E-state index in [9.17, 15) is 4.57 Å². The average Bonchev–Trinajstić information content (AvgIpc) is 2.63. The van der Waals surface area contributed by atoms with Crippen LogP contribution in [0.4, 0.5) is 11.4 Å². The van der Waals surface area contributed by atoms with E-state index < -0.39 is 7.60 Å². The molecule has 0 aromatic heterocycles. The van der Waals surface area contributed by atoms with E-state index in [0.717, 1.165) is 29.7 Å². The van der Waals surface area contributed by atoms with E-state index in [1.165, 1.54) is 0 Å². The Kier molecular flexibility index (Phi) is 7.70. The van der Waals surface area contributed by atoms with Gasteiger partial charge in [-0.1, -0.05) is 32.0 Å². The van der Waals surface area contributed by atoms with E-state index in [2.05, 4.69) is 10.2 Å². The number of hydrogen-bond donors (Lipinski definition) is 0. The molecular weight excluding hydrogens is 347 g/mol. The van der Waals surface area contributed by atoms with Gasteiger partial charge in [-0.3, -0.25) is 4.57 Å². The van der Waals surface area contributed by atoms with Crippen molar-refractivity contribution in [2.45, 2.75) is 40.5 Å². The Balaban J connectivity index is 2.42. The molecule has 0 bridgehead atoms. The van der Waals surface area contributed by atoms with Crippen LogP contribution in [0.15, 0.2) is 52.7 Å². The molecule has 0 radical (unpaired) electrons. The first-order valence-corrected chi connectivity index (χ1v) is 10.5. The van der Waals surface area contributed by atoms with Gasteiger partial charge in [0, 0.05) is 0 Å². The number of azo groups is 1. The summed E-state index contributed by atoms with van der Waals surface area (Å²) in [5.74, 6) is 0. The van der Waals surface area contributed by atoms with Gasteiger partial charge in [-0.25, -0.2) is 0 Å². The fourth-order valence-electron chi connectivity index (χ4n) is 2.35. The van der Waals surface area contributed by atoms with Gasteiger partial charge >= 0.3 is 7.60 Å². The third-order valence-electron chi connectivity index (χ3n) is 3.63. The lowest BCUT2D eigenvalue weighted by atomic mass is 10.2. The molecule has 0 N–H and O–H groups in total. The zero-order valence-electron chi connectivity index (χ0n) is 15.9. The molecule has 0 unspecified atom stereocenters. The summed E-state index contributed by atoms with van der Waals surface area (Å²) in [5.41, 5.74) is 3.37. The first-order chi connectivity index (χ1) is 12.5. The normalized spacial score (nSPS) is 12.0. The third kappa shape index (κ3) is 5.60. The molecule has 0 spiro atoms. The molecule has 0 aliphatic rings. The number of nitrogens with zero attached hydrogens (tertiary/aromatic N) is 2. The van der Waals surface area contributed by atoms with Crippen LogP contribution in [-0.2, 0) is 13.6 Å². The number of benzene rings is 2. The van der Waals surface area contributed by atoms with Crippen LogP contribution in [0.25, 0.3) is 0 Å². The predicted octanol–water partition coefficient (Wildman–Crippen LogP) is 6.39. The van der Waals surface area contributed by atoms with Crippen LogP contribution in [0.2, 0.25) is 0 Å². The van der Waals surface area contributed by atoms with Crippen molar-refractivity contribution in [3.8, 4) is 0 Å². The molecule has 26 heavy (non-hydrogen) atoms. The Morgan fingerprint density at radius 3 is 2.15 bits per heavy atom. The second-order valence-corrected chi connectivity index (χ2v) is 8.19. The summed E-state index contributed by atoms with van der Waals surface area (Å²) in [5, 5.41) is 9.12. The third-order valence-corrected chi connectivity index (χ3v) is 5.64. The van der Waals surface area contributed by atoms with Crippen LogP contribution < -0.4 is 5.30 Å². The van der Waals surface area contributed by atoms with Crippen LogP contribution in [0, 0.1) is 13.8 Å². The molecule has 0 heterocycles. The molecule has 0 aliphatic carbocycles. The summed E-state index contributed by atoms with van der Waals surface area (Å²) in [4.78, 5) is 0. The van der Waals surface area contributed by atoms with Crippen molar-refractivity contribution in [2.75, 3.05) is 13.2 Å². The molecule has 0 amide bonds. The van der Waals surface area contributed by atoms with E-state index in [1.54, 1.807) is 6.07 Å². The van der Waals surface area contributed by atoms with Gasteiger partial charge in [0.05, 0.1) is 24.2 Å². The van der Waals surface area contributed by atoms with Gasteiger partial charge in [-0.15, -0.1) is 5.11 Å². The Morgan fingerprint density at radius 1 is 0.885 bits per heavy atom. The summed E-state index contributed by atoms with van der Waals surface area (Å²) >= 11 is 0. The summed E-state index contributed by atoms with van der Waals surface area (Å²) in [6.45, 7) is 8.63. The fourth-order valence-corrected chi connectivity index (χ4v) is 4.19. The lowest BCUT2D eigenvalue weighted by Crippen LogP contribution is -2.12. The van der Waals surface area contributed by atoms with Gasteiger partial charge in [0.25, 0.3) is 0 Å². The summed E-state index contributed by atoms with van der Waals surface area (Å²) in [7, 11) is -3.45. The SMILES string of the molecule is CCCOP(=O)(OCCC)c1ccc(C)cc1N=Nc1cccc(C)c1. The second kappa shape index (κ2) is 9.77. The Bertz CT molecular complexity index is 793. The highest BCUT2D eigenvalue weighted by Gasteiger charge is 2.30. The molecule has 5 nitrogen and oxygen atoms in total. The van der Waals surface area contributed by atoms with Crippen molar-refractivity contribution < 1.29 is 13.6 Å². The topological polar surface area (TPSA) is 60.2 Å². The lowest BCUT2D eigenvalue weighted by molar-refractivity contribution is 0.213. The monoisotopic (exact) mass is 374 g/mol. The largest absolute Gasteiger partial charge is 0.363 e. The highest BCUT2D eigenvalue weighted by molar-refractivity contribution is 7.62. The molecule has 0 atom stereocenters. The van der Waals surface area contributed by atoms with Gasteiger partial charge in [0.2, 0.25) is 0 Å². The van der Waals surface area contributed by atoms with Crippen LogP contribution in [0.3, 0.4) is 0 Å². The smallest absolute Gasteiger partial charge is 0.305 e. The molecule has 0 saturated heterocycles. The highest BCUT2D eigenvalue weighted by atomic mass is 31.2. The van der Waals surface area contributed by atoms with Crippen LogP contribution >= 0.6 is 7.60 Å². The van der Waals surface area contributed by atoms with Crippen molar-refractivity contribution in [3.63, 3.8) is 0 Å². The van der Waals surface area contributed by atoms with Crippen molar-refractivity contribution in [2.24, 2.45) is 10.2 Å². The summed E-state index contributed by atoms with van der Waals surface area (Å²) < 4.78 is 24.7. The van der Waals surface area contributed by atoms with E-state index in [0.29, 0.717) is 24.2 Å². The minimum atomic E-state index is -3.45. The fraction of sp³-hybridized carbons (Fsp3) is 0.400. The van der Waals surface area contributed by atoms with Gasteiger partial charge in [0.15, 0.2) is 0 Å². The first-order valence-electron chi connectivity index (χ1n) is 8.97. The van der Waals surface area contributed by atoms with E-state index >= 15 is 0 Å². The Labute approximate surface area is 156 Å². The zero-order valence-corrected chi connectivity index (χ0v) is 16.8. The highest BCUT2D eigenvalue weighted by Crippen LogP contribution is 2.49. The zero-order chi connectivity index (χ0) is 19.0. The van der Waals surface area contributed by atoms with Gasteiger partial charge in [-0.2, -0.15) is 5.11 Å². The maximum atomic E-state index is 13.4. The van der Waals surface area contributed by atoms with Crippen molar-refractivity contribution in [1.82, 2.24) is 0 Å². The first kappa shape index (κ1) is 20.5. The molecular formula is C20H27N2O3P. The standard InChI is InChI=1S/C20H27N2O3P/c1-5-12-24-26(23,25-13-6-2)20-11-10-17(4)15-19(20)22-21-18-9-7-8-16(3)14-18/h7-11,14-15H,5-6,12-13H2,1-4H3. The number of hydrogen-bond acceptors (Lipinski definition) is 5. The van der Waals surface area contributed by atoms with Crippen molar-refractivity contribution >= 4 is 24.3 Å². The predicted molar refractivity (Wildman–Crippen MR) is 106 cm³/mol. The van der Waals surface area contributed by atoms with Crippen molar-refractivity contribution in [3.05, 3.63) is 53.6 Å². The molecule has 6 heteroatoms. The Morgan fingerprint density at radius 2 is 1.54 bits per heavy atom. The summed E-state index contributed by atoms with van der Waals surface area (Å²) in [6, 6.07) is 13.3. The van der Waals surface area contributed by atoms with E-state index in [1.807, 2.05) is 64.1 Å². The van der Waals surface area contributed by atoms with Gasteiger partial charge < -0.3 is 9.05 Å². The second-order valence-electron chi connectivity index (χ2n) is 6.20. The maximum Gasteiger partial charge on any atom is 0.363 e. The quantitative estimate of drug-likeness (QED) is 0.377. The summed E-state index contributed by atoms with van der Waals surface area (Å²) in [6.07, 6.45) is 1.51. The van der Waals surface area contributed by atoms with Crippen molar-refractivity contribution in [1.29, 1.82) is 0 Å². The molecule has 0 saturated carbocycles. The van der Waals surface area contributed by atoms with Gasteiger partial charge in [0.1, 0.15) is 5.69 Å². The van der Waals surface area contributed by atoms with E-state index in [4.69, 9.17) is 9.05 Å². The molecule has 140 valence electrons.